The van der Waals surface area contributed by atoms with Crippen molar-refractivity contribution in [2.45, 2.75) is 58.0 Å². The van der Waals surface area contributed by atoms with E-state index < -0.39 is 5.60 Å². The van der Waals surface area contributed by atoms with E-state index in [9.17, 15) is 9.90 Å². The highest BCUT2D eigenvalue weighted by Crippen LogP contribution is 2.39. The van der Waals surface area contributed by atoms with Gasteiger partial charge < -0.3 is 15.3 Å². The summed E-state index contributed by atoms with van der Waals surface area (Å²) in [6.45, 7) is 5.99. The van der Waals surface area contributed by atoms with Crippen LogP contribution >= 0.6 is 0 Å². The van der Waals surface area contributed by atoms with Crippen molar-refractivity contribution in [2.75, 3.05) is 27.2 Å². The van der Waals surface area contributed by atoms with Gasteiger partial charge in [-0.25, -0.2) is 0 Å². The number of hydrogen-bond acceptors (Lipinski definition) is 3. The van der Waals surface area contributed by atoms with Crippen LogP contribution in [0.25, 0.3) is 0 Å². The van der Waals surface area contributed by atoms with E-state index in [1.54, 1.807) is 19.0 Å². The van der Waals surface area contributed by atoms with Gasteiger partial charge in [0.15, 0.2) is 0 Å². The first-order chi connectivity index (χ1) is 8.74. The van der Waals surface area contributed by atoms with Gasteiger partial charge in [-0.05, 0) is 44.1 Å². The molecule has 2 N–H and O–H groups in total. The Labute approximate surface area is 117 Å². The summed E-state index contributed by atoms with van der Waals surface area (Å²) < 4.78 is 0. The van der Waals surface area contributed by atoms with Crippen LogP contribution in [0.3, 0.4) is 0 Å². The molecule has 1 aliphatic carbocycles. The Hall–Kier alpha value is -0.610. The Bertz CT molecular complexity index is 291. The highest BCUT2D eigenvalue weighted by atomic mass is 16.3. The van der Waals surface area contributed by atoms with Crippen LogP contribution in [-0.4, -0.2) is 48.7 Å². The van der Waals surface area contributed by atoms with Crippen molar-refractivity contribution in [3.05, 3.63) is 0 Å². The van der Waals surface area contributed by atoms with Crippen LogP contribution in [0, 0.1) is 5.41 Å². The molecule has 1 fully saturated rings. The molecule has 4 heteroatoms. The Balaban J connectivity index is 2.14. The third-order valence-corrected chi connectivity index (χ3v) is 4.23. The van der Waals surface area contributed by atoms with Crippen molar-refractivity contribution >= 4 is 5.91 Å². The summed E-state index contributed by atoms with van der Waals surface area (Å²) in [4.78, 5) is 13.0. The van der Waals surface area contributed by atoms with Gasteiger partial charge in [-0.15, -0.1) is 0 Å². The molecular weight excluding hydrogens is 240 g/mol. The molecule has 0 aromatic carbocycles. The Morgan fingerprint density at radius 2 is 1.79 bits per heavy atom. The fourth-order valence-electron chi connectivity index (χ4n) is 2.48. The first-order valence-electron chi connectivity index (χ1n) is 7.37. The predicted molar refractivity (Wildman–Crippen MR) is 78.0 cm³/mol. The van der Waals surface area contributed by atoms with E-state index in [1.807, 2.05) is 0 Å². The van der Waals surface area contributed by atoms with Gasteiger partial charge in [-0.3, -0.25) is 4.79 Å². The van der Waals surface area contributed by atoms with Gasteiger partial charge in [-0.1, -0.05) is 13.8 Å². The summed E-state index contributed by atoms with van der Waals surface area (Å²) in [5, 5.41) is 13.8. The molecule has 0 aliphatic heterocycles. The number of nitrogens with zero attached hydrogens (tertiary/aromatic N) is 1. The minimum Gasteiger partial charge on any atom is -0.389 e. The van der Waals surface area contributed by atoms with Crippen LogP contribution < -0.4 is 5.32 Å². The maximum Gasteiger partial charge on any atom is 0.222 e. The maximum absolute atomic E-state index is 11.4. The summed E-state index contributed by atoms with van der Waals surface area (Å²) in [7, 11) is 3.56. The Morgan fingerprint density at radius 1 is 1.21 bits per heavy atom. The molecule has 4 nitrogen and oxygen atoms in total. The average molecular weight is 270 g/mol. The molecular formula is C15H30N2O2. The number of amides is 1. The minimum atomic E-state index is -0.541. The van der Waals surface area contributed by atoms with Gasteiger partial charge in [-0.2, -0.15) is 0 Å². The lowest BCUT2D eigenvalue weighted by Crippen LogP contribution is -2.45. The highest BCUT2D eigenvalue weighted by molar-refractivity contribution is 5.75. The van der Waals surface area contributed by atoms with Crippen LogP contribution in [0.15, 0.2) is 0 Å². The van der Waals surface area contributed by atoms with Crippen LogP contribution in [0.4, 0.5) is 0 Å². The second-order valence-electron chi connectivity index (χ2n) is 6.96. The third-order valence-electron chi connectivity index (χ3n) is 4.23. The molecule has 0 spiro atoms. The van der Waals surface area contributed by atoms with E-state index in [2.05, 4.69) is 19.2 Å². The van der Waals surface area contributed by atoms with Crippen molar-refractivity contribution in [1.29, 1.82) is 0 Å². The zero-order chi connectivity index (χ0) is 14.5. The number of hydrogen-bond donors (Lipinski definition) is 2. The first-order valence-corrected chi connectivity index (χ1v) is 7.37. The fourth-order valence-corrected chi connectivity index (χ4v) is 2.48. The highest BCUT2D eigenvalue weighted by Gasteiger charge is 2.36. The standard InChI is InChI=1S/C15H30N2O2/c1-14(2)7-9-15(19,10-8-14)12-16-11-5-6-13(18)17(3)4/h16,19H,5-12H2,1-4H3. The number of carbonyl (C=O) groups is 1. The first kappa shape index (κ1) is 16.4. The lowest BCUT2D eigenvalue weighted by Gasteiger charge is -2.40. The lowest BCUT2D eigenvalue weighted by molar-refractivity contribution is -0.128. The summed E-state index contributed by atoms with van der Waals surface area (Å²) in [6, 6.07) is 0. The second-order valence-corrected chi connectivity index (χ2v) is 6.96. The SMILES string of the molecule is CN(C)C(=O)CCCNCC1(O)CCC(C)(C)CC1. The molecule has 19 heavy (non-hydrogen) atoms. The van der Waals surface area contributed by atoms with Crippen LogP contribution in [0.1, 0.15) is 52.4 Å². The average Bonchev–Trinajstić information content (AvgIpc) is 2.33. The lowest BCUT2D eigenvalue weighted by atomic mass is 9.71. The maximum atomic E-state index is 11.4. The second kappa shape index (κ2) is 6.71. The molecule has 1 amide bonds. The van der Waals surface area contributed by atoms with E-state index in [0.29, 0.717) is 18.4 Å². The predicted octanol–water partition coefficient (Wildman–Crippen LogP) is 1.78. The molecule has 0 heterocycles. The van der Waals surface area contributed by atoms with Crippen LogP contribution in [0.5, 0.6) is 0 Å². The molecule has 0 saturated heterocycles. The summed E-state index contributed by atoms with van der Waals surface area (Å²) >= 11 is 0. The van der Waals surface area contributed by atoms with Gasteiger partial charge in [0, 0.05) is 27.1 Å². The number of nitrogens with one attached hydrogen (secondary N) is 1. The largest absolute Gasteiger partial charge is 0.389 e. The van der Waals surface area contributed by atoms with Crippen molar-refractivity contribution < 1.29 is 9.90 Å². The smallest absolute Gasteiger partial charge is 0.222 e. The summed E-state index contributed by atoms with van der Waals surface area (Å²) in [5.74, 6) is 0.167. The molecule has 1 saturated carbocycles. The van der Waals surface area contributed by atoms with E-state index in [-0.39, 0.29) is 5.91 Å². The van der Waals surface area contributed by atoms with Crippen LogP contribution in [0.2, 0.25) is 0 Å². The van der Waals surface area contributed by atoms with Crippen molar-refractivity contribution in [3.8, 4) is 0 Å². The van der Waals surface area contributed by atoms with Gasteiger partial charge in [0.25, 0.3) is 0 Å². The topological polar surface area (TPSA) is 52.6 Å². The zero-order valence-corrected chi connectivity index (χ0v) is 13.0. The number of aliphatic hydroxyl groups is 1. The summed E-state index contributed by atoms with van der Waals surface area (Å²) in [5.41, 5.74) is -0.161. The molecule has 1 rings (SSSR count). The van der Waals surface area contributed by atoms with E-state index in [4.69, 9.17) is 0 Å². The summed E-state index contributed by atoms with van der Waals surface area (Å²) in [6.07, 6.45) is 5.34. The third kappa shape index (κ3) is 5.91. The molecule has 0 aromatic rings. The molecule has 0 bridgehead atoms. The van der Waals surface area contributed by atoms with Crippen molar-refractivity contribution in [2.24, 2.45) is 5.41 Å². The van der Waals surface area contributed by atoms with Crippen molar-refractivity contribution in [3.63, 3.8) is 0 Å². The molecule has 1 aliphatic rings. The van der Waals surface area contributed by atoms with Gasteiger partial charge in [0.1, 0.15) is 0 Å². The van der Waals surface area contributed by atoms with Crippen LogP contribution in [-0.2, 0) is 4.79 Å². The number of carbonyl (C=O) groups excluding carboxylic acids is 1. The zero-order valence-electron chi connectivity index (χ0n) is 13.0. The quantitative estimate of drug-likeness (QED) is 0.723. The molecule has 0 atom stereocenters. The van der Waals surface area contributed by atoms with Gasteiger partial charge in [0.2, 0.25) is 5.91 Å². The minimum absolute atomic E-state index is 0.167. The fraction of sp³-hybridized carbons (Fsp3) is 0.933. The molecule has 0 unspecified atom stereocenters. The molecule has 0 radical (unpaired) electrons. The molecule has 0 aromatic heterocycles. The Kier molecular flexibility index (Phi) is 5.81. The van der Waals surface area contributed by atoms with Gasteiger partial charge in [0.05, 0.1) is 5.60 Å². The Morgan fingerprint density at radius 3 is 2.32 bits per heavy atom. The normalized spacial score (nSPS) is 21.1. The van der Waals surface area contributed by atoms with E-state index >= 15 is 0 Å². The number of rotatable bonds is 6. The van der Waals surface area contributed by atoms with E-state index in [1.165, 1.54) is 0 Å². The monoisotopic (exact) mass is 270 g/mol. The van der Waals surface area contributed by atoms with Crippen molar-refractivity contribution in [1.82, 2.24) is 10.2 Å². The van der Waals surface area contributed by atoms with Gasteiger partial charge >= 0.3 is 0 Å². The van der Waals surface area contributed by atoms with E-state index in [0.717, 1.165) is 38.6 Å². The molecule has 112 valence electrons.